The molecule has 0 aromatic heterocycles. The first-order chi connectivity index (χ1) is 12.2. The van der Waals surface area contributed by atoms with E-state index in [0.717, 1.165) is 0 Å². The first kappa shape index (κ1) is 24.6. The van der Waals surface area contributed by atoms with Crippen molar-refractivity contribution in [2.45, 2.75) is 49.0 Å². The molecule has 27 heavy (non-hydrogen) atoms. The molecule has 142 valence electrons. The summed E-state index contributed by atoms with van der Waals surface area (Å²) in [6, 6.07) is 6.38. The van der Waals surface area contributed by atoms with Gasteiger partial charge < -0.3 is 28.0 Å². The Morgan fingerprint density at radius 3 is 2.37 bits per heavy atom. The average Bonchev–Trinajstić information content (AvgIpc) is 2.89. The fourth-order valence-corrected chi connectivity index (χ4v) is 4.83. The number of hydrogen-bond acceptors (Lipinski definition) is 5. The molecule has 1 aromatic carbocycles. The van der Waals surface area contributed by atoms with Crippen molar-refractivity contribution >= 4 is 29.5 Å². The molecule has 9 heteroatoms. The van der Waals surface area contributed by atoms with Gasteiger partial charge in [0.2, 0.25) is 11.8 Å². The molecule has 0 radical (unpaired) electrons. The molecular formula is C18H24KN3O4S. The van der Waals surface area contributed by atoms with Crippen LogP contribution in [0, 0.1) is 6.92 Å². The van der Waals surface area contributed by atoms with Gasteiger partial charge in [0.1, 0.15) is 23.5 Å². The number of aliphatic carboxylic acids is 1. The number of β-lactam (4-membered cyclic amide) rings is 1. The van der Waals surface area contributed by atoms with Crippen molar-refractivity contribution in [2.75, 3.05) is 0 Å². The Kier molecular flexibility index (Phi) is 8.99. The molecule has 3 rings (SSSR count). The van der Waals surface area contributed by atoms with Crippen LogP contribution >= 0.6 is 11.8 Å². The molecule has 1 aromatic rings. The predicted octanol–water partition coefficient (Wildman–Crippen LogP) is -1.84. The monoisotopic (exact) mass is 417 g/mol. The maximum Gasteiger partial charge on any atom is 1.00 e. The van der Waals surface area contributed by atoms with Crippen LogP contribution in [0.2, 0.25) is 0 Å². The smallest absolute Gasteiger partial charge is 0.480 e. The molecular weight excluding hydrogens is 393 g/mol. The molecule has 7 nitrogen and oxygen atoms in total. The second kappa shape index (κ2) is 9.86. The number of nitrogens with zero attached hydrogens (tertiary/aromatic N) is 1. The van der Waals surface area contributed by atoms with Gasteiger partial charge in [-0.25, -0.2) is 4.79 Å². The van der Waals surface area contributed by atoms with Crippen LogP contribution in [0.25, 0.3) is 0 Å². The molecule has 1 unspecified atom stereocenters. The van der Waals surface area contributed by atoms with Crippen LogP contribution in [-0.2, 0) is 14.4 Å². The maximum absolute atomic E-state index is 12.3. The Morgan fingerprint density at radius 2 is 1.85 bits per heavy atom. The summed E-state index contributed by atoms with van der Waals surface area (Å²) in [6.07, 6.45) is 0. The summed E-state index contributed by atoms with van der Waals surface area (Å²) in [5.41, 5.74) is 6.59. The van der Waals surface area contributed by atoms with Gasteiger partial charge in [-0.15, -0.1) is 11.8 Å². The third-order valence-electron chi connectivity index (χ3n) is 4.41. The molecule has 2 fully saturated rings. The van der Waals surface area contributed by atoms with Crippen molar-refractivity contribution in [2.24, 2.45) is 5.73 Å². The number of thioether (sulfide) groups is 1. The summed E-state index contributed by atoms with van der Waals surface area (Å²) in [5, 5.41) is 11.7. The Bertz CT molecular complexity index is 701. The van der Waals surface area contributed by atoms with Gasteiger partial charge in [0.05, 0.1) is 0 Å². The zero-order chi connectivity index (χ0) is 19.6. The van der Waals surface area contributed by atoms with Crippen LogP contribution in [0.4, 0.5) is 0 Å². The number of carboxylic acids is 1. The number of rotatable bonds is 4. The van der Waals surface area contributed by atoms with Gasteiger partial charge in [0, 0.05) is 4.75 Å². The molecule has 2 heterocycles. The molecule has 2 amide bonds. The molecule has 2 saturated heterocycles. The maximum atomic E-state index is 12.3. The van der Waals surface area contributed by atoms with Gasteiger partial charge >= 0.3 is 57.4 Å². The standard InChI is InChI=1S/C16H19N3O4S.C2H5.K/c1-16(2)11(15(22)23)19-13(21)10(14(19)24-16)18-12(20)9(17)8-6-4-3-5-7-8;1-2;/h3-7,9-11,14H,17H2,1-2H3,(H,18,20)(H,22,23);1H2,2H3;/q;-1;+1/t9?,10-,11+,14-;;/m1../s1. The molecule has 0 spiro atoms. The SMILES string of the molecule is CC1(C)S[C@@H]2[C@H](NC(=O)C(N)c3ccccc3)C(=O)N2[C@H]1C(=O)O.[CH2-]C.[K+]. The van der Waals surface area contributed by atoms with Crippen LogP contribution < -0.4 is 62.4 Å². The van der Waals surface area contributed by atoms with E-state index >= 15 is 0 Å². The van der Waals surface area contributed by atoms with Gasteiger partial charge in [0.15, 0.2) is 0 Å². The van der Waals surface area contributed by atoms with E-state index in [1.165, 1.54) is 16.7 Å². The summed E-state index contributed by atoms with van der Waals surface area (Å²) >= 11 is 1.38. The number of carbonyl (C=O) groups excluding carboxylic acids is 2. The second-order valence-corrected chi connectivity index (χ2v) is 8.24. The minimum atomic E-state index is -1.03. The third kappa shape index (κ3) is 4.77. The predicted molar refractivity (Wildman–Crippen MR) is 100 cm³/mol. The summed E-state index contributed by atoms with van der Waals surface area (Å²) in [7, 11) is 0. The van der Waals surface area contributed by atoms with Gasteiger partial charge in [-0.05, 0) is 19.4 Å². The van der Waals surface area contributed by atoms with E-state index in [1.807, 2.05) is 6.07 Å². The molecule has 2 aliphatic rings. The van der Waals surface area contributed by atoms with Crippen molar-refractivity contribution in [1.82, 2.24) is 10.2 Å². The number of carbonyl (C=O) groups is 3. The number of carboxylic acid groups (broad SMARTS) is 1. The van der Waals surface area contributed by atoms with E-state index < -0.39 is 34.7 Å². The molecule has 0 aliphatic carbocycles. The van der Waals surface area contributed by atoms with Crippen LogP contribution in [0.1, 0.15) is 32.4 Å². The first-order valence-electron chi connectivity index (χ1n) is 8.28. The van der Waals surface area contributed by atoms with E-state index in [-0.39, 0.29) is 62.7 Å². The number of hydrogen-bond donors (Lipinski definition) is 3. The molecule has 4 atom stereocenters. The molecule has 4 N–H and O–H groups in total. The van der Waals surface area contributed by atoms with Crippen molar-refractivity contribution < 1.29 is 70.9 Å². The number of nitrogens with one attached hydrogen (secondary N) is 1. The fourth-order valence-electron chi connectivity index (χ4n) is 3.20. The van der Waals surface area contributed by atoms with Crippen LogP contribution in [-0.4, -0.2) is 50.0 Å². The Hall–Kier alpha value is -0.424. The number of fused-ring (bicyclic) bond motifs is 1. The fraction of sp³-hybridized carbons (Fsp3) is 0.444. The normalized spacial score (nSPS) is 25.7. The molecule has 0 bridgehead atoms. The summed E-state index contributed by atoms with van der Waals surface area (Å²) in [4.78, 5) is 37.5. The molecule has 0 saturated carbocycles. The number of nitrogens with two attached hydrogens (primary N) is 1. The van der Waals surface area contributed by atoms with E-state index in [9.17, 15) is 19.5 Å². The Balaban J connectivity index is 0.00000118. The minimum absolute atomic E-state index is 0. The first-order valence-corrected chi connectivity index (χ1v) is 9.16. The van der Waals surface area contributed by atoms with Crippen LogP contribution in [0.15, 0.2) is 30.3 Å². The Labute approximate surface area is 206 Å². The van der Waals surface area contributed by atoms with Gasteiger partial charge in [0.25, 0.3) is 0 Å². The zero-order valence-electron chi connectivity index (χ0n) is 16.0. The van der Waals surface area contributed by atoms with E-state index in [1.54, 1.807) is 45.0 Å². The number of amides is 2. The van der Waals surface area contributed by atoms with Crippen molar-refractivity contribution in [1.29, 1.82) is 0 Å². The molecule has 2 aliphatic heterocycles. The van der Waals surface area contributed by atoms with Gasteiger partial charge in [-0.2, -0.15) is 6.92 Å². The second-order valence-electron chi connectivity index (χ2n) is 6.47. The minimum Gasteiger partial charge on any atom is -0.480 e. The summed E-state index contributed by atoms with van der Waals surface area (Å²) < 4.78 is -0.618. The summed E-state index contributed by atoms with van der Waals surface area (Å²) in [5.74, 6) is -1.86. The van der Waals surface area contributed by atoms with E-state index in [0.29, 0.717) is 5.56 Å². The van der Waals surface area contributed by atoms with Gasteiger partial charge in [-0.3, -0.25) is 9.59 Å². The van der Waals surface area contributed by atoms with Crippen LogP contribution in [0.3, 0.4) is 0 Å². The largest absolute Gasteiger partial charge is 1.00 e. The quantitative estimate of drug-likeness (QED) is 0.302. The van der Waals surface area contributed by atoms with Crippen molar-refractivity contribution in [3.8, 4) is 0 Å². The van der Waals surface area contributed by atoms with Crippen molar-refractivity contribution in [3.05, 3.63) is 42.8 Å². The van der Waals surface area contributed by atoms with Crippen molar-refractivity contribution in [3.63, 3.8) is 0 Å². The zero-order valence-corrected chi connectivity index (χ0v) is 19.9. The third-order valence-corrected chi connectivity index (χ3v) is 5.99. The number of benzene rings is 1. The van der Waals surface area contributed by atoms with E-state index in [2.05, 4.69) is 12.2 Å². The van der Waals surface area contributed by atoms with Gasteiger partial charge in [-0.1, -0.05) is 30.3 Å². The topological polar surface area (TPSA) is 113 Å². The van der Waals surface area contributed by atoms with E-state index in [4.69, 9.17) is 5.73 Å². The Morgan fingerprint density at radius 1 is 1.30 bits per heavy atom. The van der Waals surface area contributed by atoms with Crippen LogP contribution in [0.5, 0.6) is 0 Å². The summed E-state index contributed by atoms with van der Waals surface area (Å²) in [6.45, 7) is 8.58. The average molecular weight is 418 g/mol.